The van der Waals surface area contributed by atoms with Crippen molar-refractivity contribution < 1.29 is 4.42 Å². The Labute approximate surface area is 77.6 Å². The van der Waals surface area contributed by atoms with Crippen LogP contribution in [-0.4, -0.2) is 18.5 Å². The van der Waals surface area contributed by atoms with E-state index in [1.54, 1.807) is 0 Å². The zero-order valence-corrected chi connectivity index (χ0v) is 7.66. The van der Waals surface area contributed by atoms with Crippen LogP contribution < -0.4 is 0 Å². The molecule has 0 N–H and O–H groups in total. The van der Waals surface area contributed by atoms with Crippen LogP contribution in [0, 0.1) is 11.3 Å². The molecule has 2 heterocycles. The molecular weight excluding hydrogens is 164 g/mol. The summed E-state index contributed by atoms with van der Waals surface area (Å²) >= 11 is 0. The topological polar surface area (TPSA) is 40.2 Å². The number of furan rings is 1. The summed E-state index contributed by atoms with van der Waals surface area (Å²) in [6.07, 6.45) is 3.88. The van der Waals surface area contributed by atoms with Crippen molar-refractivity contribution >= 4 is 0 Å². The third-order valence-corrected chi connectivity index (χ3v) is 2.60. The number of hydrogen-bond donors (Lipinski definition) is 0. The zero-order valence-electron chi connectivity index (χ0n) is 7.66. The minimum absolute atomic E-state index is 0.377. The second-order valence-electron chi connectivity index (χ2n) is 3.49. The van der Waals surface area contributed by atoms with Crippen LogP contribution in [0.1, 0.15) is 30.2 Å². The Morgan fingerprint density at radius 3 is 3.08 bits per heavy atom. The van der Waals surface area contributed by atoms with Gasteiger partial charge in [-0.1, -0.05) is 0 Å². The standard InChI is InChI=1S/C10H12N2O/c1-12-4-2-3-9(12)10-5-8(6-11)7-13-10/h5,7,9H,2-4H2,1H3/t9-/m0/s1. The van der Waals surface area contributed by atoms with E-state index in [0.717, 1.165) is 18.7 Å². The molecule has 0 radical (unpaired) electrons. The quantitative estimate of drug-likeness (QED) is 0.656. The zero-order chi connectivity index (χ0) is 9.26. The van der Waals surface area contributed by atoms with Gasteiger partial charge in [0.05, 0.1) is 11.6 Å². The highest BCUT2D eigenvalue weighted by Gasteiger charge is 2.25. The number of rotatable bonds is 1. The first-order chi connectivity index (χ1) is 6.31. The minimum Gasteiger partial charge on any atom is -0.466 e. The van der Waals surface area contributed by atoms with E-state index in [4.69, 9.17) is 9.68 Å². The van der Waals surface area contributed by atoms with Gasteiger partial charge in [0.2, 0.25) is 0 Å². The highest BCUT2D eigenvalue weighted by molar-refractivity contribution is 5.27. The molecule has 13 heavy (non-hydrogen) atoms. The molecule has 1 aliphatic rings. The molecule has 1 aromatic heterocycles. The van der Waals surface area contributed by atoms with Crippen LogP contribution in [-0.2, 0) is 0 Å². The van der Waals surface area contributed by atoms with Gasteiger partial charge in [-0.2, -0.15) is 5.26 Å². The average molecular weight is 176 g/mol. The lowest BCUT2D eigenvalue weighted by Gasteiger charge is -2.16. The van der Waals surface area contributed by atoms with Crippen LogP contribution in [0.5, 0.6) is 0 Å². The average Bonchev–Trinajstić information content (AvgIpc) is 2.71. The molecule has 0 aromatic carbocycles. The largest absolute Gasteiger partial charge is 0.466 e. The van der Waals surface area contributed by atoms with Gasteiger partial charge in [0.25, 0.3) is 0 Å². The van der Waals surface area contributed by atoms with Gasteiger partial charge >= 0.3 is 0 Å². The molecule has 0 saturated carbocycles. The molecule has 1 aromatic rings. The Morgan fingerprint density at radius 1 is 1.69 bits per heavy atom. The number of nitrogens with zero attached hydrogens (tertiary/aromatic N) is 2. The third-order valence-electron chi connectivity index (χ3n) is 2.60. The molecule has 0 aliphatic carbocycles. The molecule has 1 aliphatic heterocycles. The first-order valence-corrected chi connectivity index (χ1v) is 4.50. The molecule has 0 spiro atoms. The second kappa shape index (κ2) is 3.23. The molecule has 1 atom stereocenters. The molecule has 3 nitrogen and oxygen atoms in total. The highest BCUT2D eigenvalue weighted by atomic mass is 16.3. The summed E-state index contributed by atoms with van der Waals surface area (Å²) < 4.78 is 5.35. The Balaban J connectivity index is 2.21. The summed E-state index contributed by atoms with van der Waals surface area (Å²) in [4.78, 5) is 2.26. The van der Waals surface area contributed by atoms with Gasteiger partial charge in [-0.3, -0.25) is 4.90 Å². The number of nitriles is 1. The third kappa shape index (κ3) is 1.45. The summed E-state index contributed by atoms with van der Waals surface area (Å²) in [5, 5.41) is 8.64. The van der Waals surface area contributed by atoms with Crippen LogP contribution >= 0.6 is 0 Å². The Hall–Kier alpha value is -1.27. The smallest absolute Gasteiger partial charge is 0.122 e. The number of likely N-dealkylation sites (tertiary alicyclic amines) is 1. The SMILES string of the molecule is CN1CCC[C@H]1c1cc(C#N)co1. The van der Waals surface area contributed by atoms with Gasteiger partial charge in [0.1, 0.15) is 18.1 Å². The summed E-state index contributed by atoms with van der Waals surface area (Å²) in [5.41, 5.74) is 0.621. The predicted octanol–water partition coefficient (Wildman–Crippen LogP) is 1.92. The molecule has 0 amide bonds. The molecule has 3 heteroatoms. The van der Waals surface area contributed by atoms with E-state index in [0.29, 0.717) is 11.6 Å². The summed E-state index contributed by atoms with van der Waals surface area (Å²) in [5.74, 6) is 0.927. The van der Waals surface area contributed by atoms with Crippen molar-refractivity contribution in [3.63, 3.8) is 0 Å². The van der Waals surface area contributed by atoms with E-state index in [9.17, 15) is 0 Å². The normalized spacial score (nSPS) is 23.2. The van der Waals surface area contributed by atoms with Crippen molar-refractivity contribution in [2.45, 2.75) is 18.9 Å². The van der Waals surface area contributed by atoms with Gasteiger partial charge < -0.3 is 4.42 Å². The van der Waals surface area contributed by atoms with E-state index in [1.165, 1.54) is 12.7 Å². The van der Waals surface area contributed by atoms with Crippen molar-refractivity contribution in [1.82, 2.24) is 4.90 Å². The Bertz CT molecular complexity index is 337. The van der Waals surface area contributed by atoms with E-state index < -0.39 is 0 Å². The van der Waals surface area contributed by atoms with E-state index in [2.05, 4.69) is 18.0 Å². The Kier molecular flexibility index (Phi) is 2.07. The van der Waals surface area contributed by atoms with Gasteiger partial charge in [0.15, 0.2) is 0 Å². The van der Waals surface area contributed by atoms with Crippen molar-refractivity contribution in [2.24, 2.45) is 0 Å². The van der Waals surface area contributed by atoms with Crippen LogP contribution in [0.25, 0.3) is 0 Å². The van der Waals surface area contributed by atoms with Crippen molar-refractivity contribution in [3.05, 3.63) is 23.7 Å². The van der Waals surface area contributed by atoms with Crippen molar-refractivity contribution in [2.75, 3.05) is 13.6 Å². The summed E-state index contributed by atoms with van der Waals surface area (Å²) in [6, 6.07) is 4.29. The van der Waals surface area contributed by atoms with Crippen LogP contribution in [0.3, 0.4) is 0 Å². The summed E-state index contributed by atoms with van der Waals surface area (Å²) in [7, 11) is 2.09. The van der Waals surface area contributed by atoms with Crippen molar-refractivity contribution in [1.29, 1.82) is 5.26 Å². The molecule has 0 unspecified atom stereocenters. The molecule has 2 rings (SSSR count). The first kappa shape index (κ1) is 8.33. The lowest BCUT2D eigenvalue weighted by Crippen LogP contribution is -2.16. The minimum atomic E-state index is 0.377. The predicted molar refractivity (Wildman–Crippen MR) is 48.0 cm³/mol. The first-order valence-electron chi connectivity index (χ1n) is 4.50. The van der Waals surface area contributed by atoms with E-state index in [-0.39, 0.29) is 0 Å². The van der Waals surface area contributed by atoms with Gasteiger partial charge in [-0.25, -0.2) is 0 Å². The number of hydrogen-bond acceptors (Lipinski definition) is 3. The maximum atomic E-state index is 8.64. The molecule has 1 fully saturated rings. The maximum Gasteiger partial charge on any atom is 0.122 e. The lowest BCUT2D eigenvalue weighted by atomic mass is 10.1. The monoisotopic (exact) mass is 176 g/mol. The molecular formula is C10H12N2O. The summed E-state index contributed by atoms with van der Waals surface area (Å²) in [6.45, 7) is 1.12. The second-order valence-corrected chi connectivity index (χ2v) is 3.49. The van der Waals surface area contributed by atoms with Gasteiger partial charge in [0, 0.05) is 0 Å². The van der Waals surface area contributed by atoms with Gasteiger partial charge in [-0.15, -0.1) is 0 Å². The van der Waals surface area contributed by atoms with E-state index >= 15 is 0 Å². The fraction of sp³-hybridized carbons (Fsp3) is 0.500. The van der Waals surface area contributed by atoms with Gasteiger partial charge in [-0.05, 0) is 32.5 Å². The van der Waals surface area contributed by atoms with E-state index in [1.807, 2.05) is 6.07 Å². The fourth-order valence-corrected chi connectivity index (χ4v) is 1.86. The highest BCUT2D eigenvalue weighted by Crippen LogP contribution is 2.31. The fourth-order valence-electron chi connectivity index (χ4n) is 1.86. The van der Waals surface area contributed by atoms with Crippen LogP contribution in [0.15, 0.2) is 16.7 Å². The molecule has 1 saturated heterocycles. The maximum absolute atomic E-state index is 8.64. The Morgan fingerprint density at radius 2 is 2.54 bits per heavy atom. The molecule has 0 bridgehead atoms. The van der Waals surface area contributed by atoms with Crippen LogP contribution in [0.2, 0.25) is 0 Å². The van der Waals surface area contributed by atoms with Crippen LogP contribution in [0.4, 0.5) is 0 Å². The molecule has 68 valence electrons. The lowest BCUT2D eigenvalue weighted by molar-refractivity contribution is 0.276. The van der Waals surface area contributed by atoms with Crippen molar-refractivity contribution in [3.8, 4) is 6.07 Å².